The first kappa shape index (κ1) is 16.4. The first-order chi connectivity index (χ1) is 7.31. The van der Waals surface area contributed by atoms with Gasteiger partial charge in [0.1, 0.15) is 5.75 Å². The maximum atomic E-state index is 12.0. The van der Waals surface area contributed by atoms with Crippen LogP contribution in [0.3, 0.4) is 0 Å². The number of nitrogens with two attached hydrogens (primary N) is 1. The Morgan fingerprint density at radius 2 is 1.94 bits per heavy atom. The van der Waals surface area contributed by atoms with Crippen molar-refractivity contribution in [3.8, 4) is 5.75 Å². The van der Waals surface area contributed by atoms with Crippen LogP contribution in [0.4, 0.5) is 13.2 Å². The van der Waals surface area contributed by atoms with E-state index in [9.17, 15) is 18.3 Å². The highest BCUT2D eigenvalue weighted by Gasteiger charge is 2.28. The fourth-order valence-corrected chi connectivity index (χ4v) is 1.49. The van der Waals surface area contributed by atoms with Crippen LogP contribution < -0.4 is 5.73 Å². The summed E-state index contributed by atoms with van der Waals surface area (Å²) in [5.74, 6) is -0.251. The normalized spacial score (nSPS) is 13.0. The van der Waals surface area contributed by atoms with Gasteiger partial charge in [0.05, 0.1) is 5.02 Å². The molecule has 1 aromatic rings. The molecule has 1 rings (SSSR count). The summed E-state index contributed by atoms with van der Waals surface area (Å²) in [4.78, 5) is 0. The SMILES string of the molecule is Cl.N[C@H](CCC(F)(F)F)c1cccc(Cl)c1O. The molecule has 1 aromatic carbocycles. The van der Waals surface area contributed by atoms with Gasteiger partial charge in [0, 0.05) is 18.0 Å². The zero-order valence-electron chi connectivity index (χ0n) is 8.67. The van der Waals surface area contributed by atoms with Crippen LogP contribution in [0.25, 0.3) is 0 Å². The second-order valence-electron chi connectivity index (χ2n) is 3.44. The first-order valence-electron chi connectivity index (χ1n) is 4.61. The van der Waals surface area contributed by atoms with Gasteiger partial charge in [-0.2, -0.15) is 13.2 Å². The van der Waals surface area contributed by atoms with Gasteiger partial charge in [-0.05, 0) is 12.5 Å². The lowest BCUT2D eigenvalue weighted by molar-refractivity contribution is -0.136. The van der Waals surface area contributed by atoms with Gasteiger partial charge in [-0.15, -0.1) is 12.4 Å². The Balaban J connectivity index is 0.00000256. The molecule has 0 fully saturated rings. The zero-order valence-corrected chi connectivity index (χ0v) is 10.2. The number of halogens is 5. The molecule has 0 heterocycles. The number of phenols is 1. The molecular formula is C10H12Cl2F3NO. The molecule has 0 bridgehead atoms. The Labute approximate surface area is 108 Å². The second kappa shape index (κ2) is 6.33. The van der Waals surface area contributed by atoms with Crippen molar-refractivity contribution in [2.45, 2.75) is 25.1 Å². The van der Waals surface area contributed by atoms with Crippen molar-refractivity contribution in [2.24, 2.45) is 5.73 Å². The lowest BCUT2D eigenvalue weighted by Crippen LogP contribution is -2.15. The molecule has 3 N–H and O–H groups in total. The summed E-state index contributed by atoms with van der Waals surface area (Å²) < 4.78 is 35.9. The Hall–Kier alpha value is -0.650. The Morgan fingerprint density at radius 1 is 1.35 bits per heavy atom. The summed E-state index contributed by atoms with van der Waals surface area (Å²) in [7, 11) is 0. The smallest absolute Gasteiger partial charge is 0.389 e. The summed E-state index contributed by atoms with van der Waals surface area (Å²) >= 11 is 5.62. The van der Waals surface area contributed by atoms with Crippen molar-refractivity contribution in [3.63, 3.8) is 0 Å². The Bertz CT molecular complexity index is 371. The van der Waals surface area contributed by atoms with Crippen molar-refractivity contribution in [1.29, 1.82) is 0 Å². The highest BCUT2D eigenvalue weighted by molar-refractivity contribution is 6.32. The second-order valence-corrected chi connectivity index (χ2v) is 3.85. The van der Waals surface area contributed by atoms with Gasteiger partial charge in [-0.1, -0.05) is 23.7 Å². The fraction of sp³-hybridized carbons (Fsp3) is 0.400. The molecule has 0 aromatic heterocycles. The van der Waals surface area contributed by atoms with Crippen LogP contribution in [0.15, 0.2) is 18.2 Å². The van der Waals surface area contributed by atoms with Gasteiger partial charge in [0.15, 0.2) is 0 Å². The van der Waals surface area contributed by atoms with Crippen LogP contribution in [0.5, 0.6) is 5.75 Å². The van der Waals surface area contributed by atoms with Crippen LogP contribution >= 0.6 is 24.0 Å². The maximum Gasteiger partial charge on any atom is 0.389 e. The number of hydrogen-bond donors (Lipinski definition) is 2. The van der Waals surface area contributed by atoms with Crippen LogP contribution in [-0.4, -0.2) is 11.3 Å². The quantitative estimate of drug-likeness (QED) is 0.889. The lowest BCUT2D eigenvalue weighted by Gasteiger charge is -2.15. The van der Waals surface area contributed by atoms with Gasteiger partial charge in [0.25, 0.3) is 0 Å². The number of aromatic hydroxyl groups is 1. The number of phenolic OH excluding ortho intramolecular Hbond substituents is 1. The van der Waals surface area contributed by atoms with E-state index in [0.717, 1.165) is 0 Å². The molecule has 0 aliphatic heterocycles. The molecule has 0 spiro atoms. The van der Waals surface area contributed by atoms with Gasteiger partial charge in [0.2, 0.25) is 0 Å². The Morgan fingerprint density at radius 3 is 2.47 bits per heavy atom. The molecule has 0 aliphatic carbocycles. The third-order valence-electron chi connectivity index (χ3n) is 2.16. The number of rotatable bonds is 3. The van der Waals surface area contributed by atoms with Gasteiger partial charge in [-0.25, -0.2) is 0 Å². The summed E-state index contributed by atoms with van der Waals surface area (Å²) in [5, 5.41) is 9.59. The molecule has 0 radical (unpaired) electrons. The van der Waals surface area contributed by atoms with Crippen molar-refractivity contribution < 1.29 is 18.3 Å². The fourth-order valence-electron chi connectivity index (χ4n) is 1.31. The third kappa shape index (κ3) is 5.02. The van der Waals surface area contributed by atoms with Crippen LogP contribution in [0.2, 0.25) is 5.02 Å². The molecule has 1 atom stereocenters. The Kier molecular flexibility index (Phi) is 6.09. The van der Waals surface area contributed by atoms with E-state index in [2.05, 4.69) is 0 Å². The highest BCUT2D eigenvalue weighted by atomic mass is 35.5. The molecule has 0 amide bonds. The largest absolute Gasteiger partial charge is 0.506 e. The average molecular weight is 290 g/mol. The topological polar surface area (TPSA) is 46.2 Å². The third-order valence-corrected chi connectivity index (χ3v) is 2.46. The number of hydrogen-bond acceptors (Lipinski definition) is 2. The standard InChI is InChI=1S/C10H11ClF3NO.ClH/c11-7-3-1-2-6(9(7)16)8(15)4-5-10(12,13)14;/h1-3,8,16H,4-5,15H2;1H/t8-;/m1./s1. The zero-order chi connectivity index (χ0) is 12.3. The molecular weight excluding hydrogens is 278 g/mol. The predicted octanol–water partition coefficient (Wildman–Crippen LogP) is 3.81. The summed E-state index contributed by atoms with van der Waals surface area (Å²) in [6.45, 7) is 0. The molecule has 17 heavy (non-hydrogen) atoms. The average Bonchev–Trinajstić information content (AvgIpc) is 2.17. The van der Waals surface area contributed by atoms with E-state index in [1.165, 1.54) is 18.2 Å². The molecule has 0 saturated carbocycles. The minimum Gasteiger partial charge on any atom is -0.506 e. The summed E-state index contributed by atoms with van der Waals surface area (Å²) in [6, 6.07) is 3.56. The van der Waals surface area contributed by atoms with E-state index in [4.69, 9.17) is 17.3 Å². The van der Waals surface area contributed by atoms with Crippen LogP contribution in [0, 0.1) is 0 Å². The molecule has 0 saturated heterocycles. The molecule has 2 nitrogen and oxygen atoms in total. The van der Waals surface area contributed by atoms with Crippen molar-refractivity contribution in [3.05, 3.63) is 28.8 Å². The van der Waals surface area contributed by atoms with E-state index in [-0.39, 0.29) is 35.2 Å². The number of alkyl halides is 3. The van der Waals surface area contributed by atoms with Crippen LogP contribution in [0.1, 0.15) is 24.4 Å². The van der Waals surface area contributed by atoms with E-state index < -0.39 is 18.6 Å². The lowest BCUT2D eigenvalue weighted by atomic mass is 10.0. The van der Waals surface area contributed by atoms with Gasteiger partial charge < -0.3 is 10.8 Å². The van der Waals surface area contributed by atoms with E-state index >= 15 is 0 Å². The monoisotopic (exact) mass is 289 g/mol. The number of para-hydroxylation sites is 1. The van der Waals surface area contributed by atoms with Gasteiger partial charge in [-0.3, -0.25) is 0 Å². The molecule has 98 valence electrons. The minimum absolute atomic E-state index is 0. The van der Waals surface area contributed by atoms with Gasteiger partial charge >= 0.3 is 6.18 Å². The summed E-state index contributed by atoms with van der Waals surface area (Å²) in [5.41, 5.74) is 5.79. The number of benzene rings is 1. The predicted molar refractivity (Wildman–Crippen MR) is 62.6 cm³/mol. The van der Waals surface area contributed by atoms with E-state index in [1.54, 1.807) is 0 Å². The van der Waals surface area contributed by atoms with E-state index in [1.807, 2.05) is 0 Å². The maximum absolute atomic E-state index is 12.0. The first-order valence-corrected chi connectivity index (χ1v) is 4.99. The summed E-state index contributed by atoms with van der Waals surface area (Å²) in [6.07, 6.45) is -5.51. The molecule has 0 aliphatic rings. The minimum atomic E-state index is -4.24. The molecule has 0 unspecified atom stereocenters. The van der Waals surface area contributed by atoms with E-state index in [0.29, 0.717) is 0 Å². The van der Waals surface area contributed by atoms with Crippen molar-refractivity contribution in [2.75, 3.05) is 0 Å². The molecule has 7 heteroatoms. The van der Waals surface area contributed by atoms with Crippen LogP contribution in [-0.2, 0) is 0 Å². The van der Waals surface area contributed by atoms with Crippen molar-refractivity contribution >= 4 is 24.0 Å². The highest BCUT2D eigenvalue weighted by Crippen LogP contribution is 2.34. The van der Waals surface area contributed by atoms with Crippen molar-refractivity contribution in [1.82, 2.24) is 0 Å².